The van der Waals surface area contributed by atoms with E-state index in [1.54, 1.807) is 25.1 Å². The lowest BCUT2D eigenvalue weighted by Gasteiger charge is -2.38. The monoisotopic (exact) mass is 331 g/mol. The van der Waals surface area contributed by atoms with Gasteiger partial charge in [0.25, 0.3) is 5.91 Å². The highest BCUT2D eigenvalue weighted by Crippen LogP contribution is 2.34. The van der Waals surface area contributed by atoms with Crippen molar-refractivity contribution in [3.8, 4) is 0 Å². The van der Waals surface area contributed by atoms with Gasteiger partial charge in [-0.15, -0.1) is 0 Å². The average Bonchev–Trinajstić information content (AvgIpc) is 2.92. The number of aryl methyl sites for hydroxylation is 2. The Hall–Kier alpha value is -2.14. The van der Waals surface area contributed by atoms with Gasteiger partial charge in [-0.3, -0.25) is 4.79 Å². The second-order valence-electron chi connectivity index (χ2n) is 6.41. The maximum Gasteiger partial charge on any atom is 0.254 e. The molecule has 0 radical (unpaired) electrons. The third-order valence-electron chi connectivity index (χ3n) is 4.78. The minimum absolute atomic E-state index is 0.141. The van der Waals surface area contributed by atoms with Crippen molar-refractivity contribution < 1.29 is 18.3 Å². The first kappa shape index (κ1) is 16.7. The zero-order chi connectivity index (χ0) is 17.2. The van der Waals surface area contributed by atoms with Crippen molar-refractivity contribution in [2.24, 2.45) is 0 Å². The van der Waals surface area contributed by atoms with Crippen molar-refractivity contribution in [1.29, 1.82) is 0 Å². The predicted molar refractivity (Wildman–Crippen MR) is 88.6 cm³/mol. The molecule has 1 aliphatic rings. The highest BCUT2D eigenvalue weighted by Gasteiger charge is 2.35. The summed E-state index contributed by atoms with van der Waals surface area (Å²) in [7, 11) is 0. The number of hydrogen-bond donors (Lipinski definition) is 1. The van der Waals surface area contributed by atoms with Gasteiger partial charge in [0.1, 0.15) is 17.3 Å². The Labute approximate surface area is 141 Å². The van der Waals surface area contributed by atoms with Crippen LogP contribution in [0.2, 0.25) is 0 Å². The maximum absolute atomic E-state index is 13.3. The Kier molecular flexibility index (Phi) is 4.71. The van der Waals surface area contributed by atoms with Gasteiger partial charge in [-0.05, 0) is 50.5 Å². The summed E-state index contributed by atoms with van der Waals surface area (Å²) in [6.07, 6.45) is 1.59. The first-order valence-electron chi connectivity index (χ1n) is 8.19. The van der Waals surface area contributed by atoms with E-state index in [4.69, 9.17) is 9.15 Å². The first-order valence-corrected chi connectivity index (χ1v) is 8.19. The number of carbonyl (C=O) groups excluding carboxylic acids is 1. The molecule has 1 saturated heterocycles. The lowest BCUT2D eigenvalue weighted by molar-refractivity contribution is 0.0487. The molecule has 1 aromatic carbocycles. The molecule has 1 N–H and O–H groups in total. The van der Waals surface area contributed by atoms with Crippen LogP contribution < -0.4 is 5.32 Å². The summed E-state index contributed by atoms with van der Waals surface area (Å²) in [6, 6.07) is 8.30. The Morgan fingerprint density at radius 1 is 1.21 bits per heavy atom. The molecule has 2 aromatic rings. The van der Waals surface area contributed by atoms with Gasteiger partial charge < -0.3 is 14.5 Å². The molecule has 0 bridgehead atoms. The molecule has 0 aliphatic carbocycles. The third-order valence-corrected chi connectivity index (χ3v) is 4.78. The summed E-state index contributed by atoms with van der Waals surface area (Å²) in [4.78, 5) is 12.5. The molecule has 24 heavy (non-hydrogen) atoms. The van der Waals surface area contributed by atoms with Crippen LogP contribution in [-0.2, 0) is 10.2 Å². The van der Waals surface area contributed by atoms with Gasteiger partial charge in [0.2, 0.25) is 0 Å². The summed E-state index contributed by atoms with van der Waals surface area (Å²) in [5.41, 5.74) is 1.37. The molecular weight excluding hydrogens is 309 g/mol. The van der Waals surface area contributed by atoms with E-state index in [1.165, 1.54) is 12.1 Å². The Morgan fingerprint density at radius 3 is 2.46 bits per heavy atom. The van der Waals surface area contributed by atoms with Crippen molar-refractivity contribution in [3.63, 3.8) is 0 Å². The molecule has 0 saturated carbocycles. The topological polar surface area (TPSA) is 51.5 Å². The van der Waals surface area contributed by atoms with E-state index in [0.717, 1.165) is 24.2 Å². The molecule has 0 spiro atoms. The molecule has 1 amide bonds. The van der Waals surface area contributed by atoms with Gasteiger partial charge in [0.05, 0.1) is 5.56 Å². The van der Waals surface area contributed by atoms with Crippen LogP contribution in [-0.4, -0.2) is 25.7 Å². The standard InChI is InChI=1S/C19H22FNO3/c1-13-11-17(14(2)24-13)18(22)21-12-19(7-9-23-10-8-19)15-3-5-16(20)6-4-15/h3-6,11H,7-10,12H2,1-2H3,(H,21,22). The fourth-order valence-electron chi connectivity index (χ4n) is 3.33. The molecule has 2 heterocycles. The third kappa shape index (κ3) is 3.36. The molecule has 5 heteroatoms. The van der Waals surface area contributed by atoms with Crippen LogP contribution in [0.4, 0.5) is 4.39 Å². The highest BCUT2D eigenvalue weighted by molar-refractivity contribution is 5.95. The van der Waals surface area contributed by atoms with Crippen LogP contribution in [0.5, 0.6) is 0 Å². The van der Waals surface area contributed by atoms with Gasteiger partial charge >= 0.3 is 0 Å². The molecule has 1 fully saturated rings. The zero-order valence-corrected chi connectivity index (χ0v) is 14.0. The van der Waals surface area contributed by atoms with Crippen molar-refractivity contribution in [3.05, 3.63) is 58.8 Å². The second kappa shape index (κ2) is 6.77. The second-order valence-corrected chi connectivity index (χ2v) is 6.41. The number of ether oxygens (including phenoxy) is 1. The van der Waals surface area contributed by atoms with Gasteiger partial charge in [-0.2, -0.15) is 0 Å². The number of halogens is 1. The van der Waals surface area contributed by atoms with E-state index < -0.39 is 0 Å². The van der Waals surface area contributed by atoms with E-state index >= 15 is 0 Å². The summed E-state index contributed by atoms with van der Waals surface area (Å²) >= 11 is 0. The number of rotatable bonds is 4. The van der Waals surface area contributed by atoms with Crippen LogP contribution in [0.3, 0.4) is 0 Å². The molecular formula is C19H22FNO3. The minimum Gasteiger partial charge on any atom is -0.466 e. The molecule has 1 aromatic heterocycles. The lowest BCUT2D eigenvalue weighted by Crippen LogP contribution is -2.44. The molecule has 4 nitrogen and oxygen atoms in total. The van der Waals surface area contributed by atoms with Crippen molar-refractivity contribution in [2.75, 3.05) is 19.8 Å². The molecule has 3 rings (SSSR count). The smallest absolute Gasteiger partial charge is 0.254 e. The molecule has 0 unspecified atom stereocenters. The lowest BCUT2D eigenvalue weighted by atomic mass is 9.74. The summed E-state index contributed by atoms with van der Waals surface area (Å²) in [5, 5.41) is 3.03. The Bertz CT molecular complexity index is 715. The maximum atomic E-state index is 13.3. The van der Waals surface area contributed by atoms with E-state index in [9.17, 15) is 9.18 Å². The number of furan rings is 1. The number of carbonyl (C=O) groups is 1. The SMILES string of the molecule is Cc1cc(C(=O)NCC2(c3ccc(F)cc3)CCOCC2)c(C)o1. The molecule has 128 valence electrons. The first-order chi connectivity index (χ1) is 11.5. The van der Waals surface area contributed by atoms with Gasteiger partial charge in [-0.25, -0.2) is 4.39 Å². The quantitative estimate of drug-likeness (QED) is 0.933. The van der Waals surface area contributed by atoms with Crippen LogP contribution >= 0.6 is 0 Å². The van der Waals surface area contributed by atoms with Crippen LogP contribution in [0, 0.1) is 19.7 Å². The van der Waals surface area contributed by atoms with E-state index in [0.29, 0.717) is 31.1 Å². The zero-order valence-electron chi connectivity index (χ0n) is 14.0. The minimum atomic E-state index is -0.255. The molecule has 1 aliphatic heterocycles. The van der Waals surface area contributed by atoms with Crippen LogP contribution in [0.1, 0.15) is 40.3 Å². The van der Waals surface area contributed by atoms with E-state index in [2.05, 4.69) is 5.32 Å². The van der Waals surface area contributed by atoms with Crippen molar-refractivity contribution >= 4 is 5.91 Å². The fraction of sp³-hybridized carbons (Fsp3) is 0.421. The van der Waals surface area contributed by atoms with E-state index in [1.807, 2.05) is 6.92 Å². The number of benzene rings is 1. The summed E-state index contributed by atoms with van der Waals surface area (Å²) in [5.74, 6) is 0.941. The van der Waals surface area contributed by atoms with Crippen molar-refractivity contribution in [2.45, 2.75) is 32.1 Å². The van der Waals surface area contributed by atoms with Gasteiger partial charge in [0.15, 0.2) is 0 Å². The van der Waals surface area contributed by atoms with Gasteiger partial charge in [-0.1, -0.05) is 12.1 Å². The number of nitrogens with one attached hydrogen (secondary N) is 1. The Balaban J connectivity index is 1.79. The number of amides is 1. The highest BCUT2D eigenvalue weighted by atomic mass is 19.1. The Morgan fingerprint density at radius 2 is 1.88 bits per heavy atom. The van der Waals surface area contributed by atoms with Crippen molar-refractivity contribution in [1.82, 2.24) is 5.32 Å². The van der Waals surface area contributed by atoms with Crippen LogP contribution in [0.25, 0.3) is 0 Å². The van der Waals surface area contributed by atoms with Crippen LogP contribution in [0.15, 0.2) is 34.7 Å². The molecule has 0 atom stereocenters. The van der Waals surface area contributed by atoms with Gasteiger partial charge in [0, 0.05) is 25.2 Å². The largest absolute Gasteiger partial charge is 0.466 e. The summed E-state index contributed by atoms with van der Waals surface area (Å²) in [6.45, 7) is 5.37. The summed E-state index contributed by atoms with van der Waals surface area (Å²) < 4.78 is 24.2. The normalized spacial score (nSPS) is 16.8. The van der Waals surface area contributed by atoms with E-state index in [-0.39, 0.29) is 17.1 Å². The predicted octanol–water partition coefficient (Wildman–Crippen LogP) is 3.51. The fourth-order valence-corrected chi connectivity index (χ4v) is 3.33. The number of hydrogen-bond acceptors (Lipinski definition) is 3. The average molecular weight is 331 g/mol.